The third-order valence-electron chi connectivity index (χ3n) is 4.87. The van der Waals surface area contributed by atoms with Crippen LogP contribution in [0.4, 0.5) is 11.4 Å². The molecule has 2 heterocycles. The van der Waals surface area contributed by atoms with E-state index in [1.165, 1.54) is 32.4 Å². The molecule has 6 heteroatoms. The van der Waals surface area contributed by atoms with E-state index in [2.05, 4.69) is 26.5 Å². The minimum atomic E-state index is 0.0133. The first kappa shape index (κ1) is 18.2. The zero-order valence-electron chi connectivity index (χ0n) is 15.0. The maximum absolute atomic E-state index is 12.3. The Morgan fingerprint density at radius 1 is 1.04 bits per heavy atom. The van der Waals surface area contributed by atoms with Crippen LogP contribution in [0.3, 0.4) is 0 Å². The number of morpholine rings is 1. The second kappa shape index (κ2) is 9.75. The number of benzene rings is 1. The van der Waals surface area contributed by atoms with Crippen molar-refractivity contribution in [3.05, 3.63) is 24.3 Å². The molecular weight excluding hydrogens is 316 g/mol. The molecule has 138 valence electrons. The van der Waals surface area contributed by atoms with Gasteiger partial charge in [0.1, 0.15) is 0 Å². The molecule has 2 aliphatic heterocycles. The zero-order valence-corrected chi connectivity index (χ0v) is 15.0. The van der Waals surface area contributed by atoms with Gasteiger partial charge >= 0.3 is 0 Å². The van der Waals surface area contributed by atoms with Crippen molar-refractivity contribution < 1.29 is 9.53 Å². The summed E-state index contributed by atoms with van der Waals surface area (Å²) in [5, 5.41) is 6.31. The molecule has 2 N–H and O–H groups in total. The maximum Gasteiger partial charge on any atom is 0.238 e. The summed E-state index contributed by atoms with van der Waals surface area (Å²) in [7, 11) is 0. The van der Waals surface area contributed by atoms with Crippen molar-refractivity contribution >= 4 is 17.3 Å². The first-order chi connectivity index (χ1) is 12.3. The number of nitrogens with zero attached hydrogens (tertiary/aromatic N) is 2. The molecule has 0 spiro atoms. The van der Waals surface area contributed by atoms with Crippen LogP contribution >= 0.6 is 0 Å². The molecule has 1 aromatic carbocycles. The Bertz CT molecular complexity index is 540. The van der Waals surface area contributed by atoms with Crippen LogP contribution in [0.25, 0.3) is 0 Å². The summed E-state index contributed by atoms with van der Waals surface area (Å²) in [6.45, 7) is 7.83. The van der Waals surface area contributed by atoms with E-state index in [9.17, 15) is 4.79 Å². The van der Waals surface area contributed by atoms with Gasteiger partial charge < -0.3 is 25.2 Å². The molecule has 2 saturated heterocycles. The highest BCUT2D eigenvalue weighted by molar-refractivity contribution is 5.95. The zero-order chi connectivity index (χ0) is 17.3. The van der Waals surface area contributed by atoms with Crippen LogP contribution in [0, 0.1) is 0 Å². The van der Waals surface area contributed by atoms with Gasteiger partial charge in [-0.15, -0.1) is 0 Å². The molecule has 1 aromatic rings. The summed E-state index contributed by atoms with van der Waals surface area (Å²) in [5.41, 5.74) is 1.96. The molecule has 0 bridgehead atoms. The fourth-order valence-electron chi connectivity index (χ4n) is 3.48. The number of carbonyl (C=O) groups excluding carboxylic acids is 1. The Kier molecular flexibility index (Phi) is 7.09. The minimum Gasteiger partial charge on any atom is -0.378 e. The Morgan fingerprint density at radius 3 is 2.60 bits per heavy atom. The van der Waals surface area contributed by atoms with Crippen molar-refractivity contribution in [1.29, 1.82) is 0 Å². The summed E-state index contributed by atoms with van der Waals surface area (Å²) >= 11 is 0. The van der Waals surface area contributed by atoms with Crippen molar-refractivity contribution in [3.8, 4) is 0 Å². The predicted molar refractivity (Wildman–Crippen MR) is 101 cm³/mol. The summed E-state index contributed by atoms with van der Waals surface area (Å²) in [6, 6.07) is 8.00. The van der Waals surface area contributed by atoms with Gasteiger partial charge in [-0.1, -0.05) is 18.6 Å². The van der Waals surface area contributed by atoms with Gasteiger partial charge in [-0.2, -0.15) is 0 Å². The quantitative estimate of drug-likeness (QED) is 0.734. The first-order valence-electron chi connectivity index (χ1n) is 9.47. The molecule has 0 radical (unpaired) electrons. The van der Waals surface area contributed by atoms with E-state index >= 15 is 0 Å². The smallest absolute Gasteiger partial charge is 0.238 e. The van der Waals surface area contributed by atoms with E-state index < -0.39 is 0 Å². The number of carbonyl (C=O) groups is 1. The second-order valence-corrected chi connectivity index (χ2v) is 6.74. The average molecular weight is 346 g/mol. The number of nitrogens with one attached hydrogen (secondary N) is 2. The lowest BCUT2D eigenvalue weighted by Gasteiger charge is -2.30. The summed E-state index contributed by atoms with van der Waals surface area (Å²) < 4.78 is 5.41. The van der Waals surface area contributed by atoms with Crippen LogP contribution in [0.5, 0.6) is 0 Å². The van der Waals surface area contributed by atoms with Crippen molar-refractivity contribution in [1.82, 2.24) is 10.2 Å². The highest BCUT2D eigenvalue weighted by Gasteiger charge is 2.15. The highest BCUT2D eigenvalue weighted by Crippen LogP contribution is 2.26. The number of anilines is 2. The van der Waals surface area contributed by atoms with E-state index in [1.54, 1.807) is 0 Å². The number of ether oxygens (including phenoxy) is 1. The van der Waals surface area contributed by atoms with E-state index in [1.807, 2.05) is 18.2 Å². The monoisotopic (exact) mass is 346 g/mol. The fraction of sp³-hybridized carbons (Fsp3) is 0.632. The van der Waals surface area contributed by atoms with Crippen LogP contribution in [-0.4, -0.2) is 69.8 Å². The lowest BCUT2D eigenvalue weighted by atomic mass is 10.1. The first-order valence-corrected chi connectivity index (χ1v) is 9.47. The molecule has 2 fully saturated rings. The minimum absolute atomic E-state index is 0.0133. The van der Waals surface area contributed by atoms with E-state index in [4.69, 9.17) is 4.74 Å². The van der Waals surface area contributed by atoms with E-state index in [-0.39, 0.29) is 5.91 Å². The number of para-hydroxylation sites is 2. The number of hydrogen-bond donors (Lipinski definition) is 2. The molecule has 0 aliphatic carbocycles. The lowest BCUT2D eigenvalue weighted by Crippen LogP contribution is -2.38. The molecule has 0 saturated carbocycles. The van der Waals surface area contributed by atoms with Crippen LogP contribution < -0.4 is 15.5 Å². The Morgan fingerprint density at radius 2 is 1.80 bits per heavy atom. The number of amides is 1. The largest absolute Gasteiger partial charge is 0.378 e. The molecule has 0 atom stereocenters. The topological polar surface area (TPSA) is 56.8 Å². The summed E-state index contributed by atoms with van der Waals surface area (Å²) in [6.07, 6.45) is 3.96. The fourth-order valence-corrected chi connectivity index (χ4v) is 3.48. The summed E-state index contributed by atoms with van der Waals surface area (Å²) in [5.74, 6) is 0.0133. The van der Waals surface area contributed by atoms with Gasteiger partial charge in [-0.3, -0.25) is 4.79 Å². The van der Waals surface area contributed by atoms with Gasteiger partial charge in [-0.25, -0.2) is 0 Å². The lowest BCUT2D eigenvalue weighted by molar-refractivity contribution is -0.115. The second-order valence-electron chi connectivity index (χ2n) is 6.74. The molecule has 0 unspecified atom stereocenters. The SMILES string of the molecule is O=C(CNCCN1CCCCC1)Nc1ccccc1N1CCOCC1. The predicted octanol–water partition coefficient (Wildman–Crippen LogP) is 1.54. The average Bonchev–Trinajstić information content (AvgIpc) is 2.67. The van der Waals surface area contributed by atoms with E-state index in [0.29, 0.717) is 6.54 Å². The molecule has 0 aromatic heterocycles. The number of likely N-dealkylation sites (tertiary alicyclic amines) is 1. The van der Waals surface area contributed by atoms with Crippen molar-refractivity contribution in [2.24, 2.45) is 0 Å². The van der Waals surface area contributed by atoms with Crippen LogP contribution in [0.1, 0.15) is 19.3 Å². The van der Waals surface area contributed by atoms with Gasteiger partial charge in [0.15, 0.2) is 0 Å². The summed E-state index contributed by atoms with van der Waals surface area (Å²) in [4.78, 5) is 17.0. The van der Waals surface area contributed by atoms with Gasteiger partial charge in [-0.05, 0) is 38.1 Å². The van der Waals surface area contributed by atoms with E-state index in [0.717, 1.165) is 50.8 Å². The molecular formula is C19H30N4O2. The number of rotatable bonds is 7. The maximum atomic E-state index is 12.3. The Balaban J connectivity index is 1.43. The van der Waals surface area contributed by atoms with Gasteiger partial charge in [0, 0.05) is 26.2 Å². The standard InChI is InChI=1S/C19H30N4O2/c24-19(16-20-8-11-22-9-4-1-5-10-22)21-17-6-2-3-7-18(17)23-12-14-25-15-13-23/h2-3,6-7,20H,1,4-5,8-16H2,(H,21,24). The van der Waals surface area contributed by atoms with Crippen LogP contribution in [0.2, 0.25) is 0 Å². The van der Waals surface area contributed by atoms with Crippen molar-refractivity contribution in [2.45, 2.75) is 19.3 Å². The van der Waals surface area contributed by atoms with Gasteiger partial charge in [0.25, 0.3) is 0 Å². The molecule has 6 nitrogen and oxygen atoms in total. The van der Waals surface area contributed by atoms with Crippen LogP contribution in [-0.2, 0) is 9.53 Å². The van der Waals surface area contributed by atoms with Gasteiger partial charge in [0.2, 0.25) is 5.91 Å². The highest BCUT2D eigenvalue weighted by atomic mass is 16.5. The Hall–Kier alpha value is -1.63. The van der Waals surface area contributed by atoms with Crippen molar-refractivity contribution in [2.75, 3.05) is 69.2 Å². The van der Waals surface area contributed by atoms with Crippen LogP contribution in [0.15, 0.2) is 24.3 Å². The number of hydrogen-bond acceptors (Lipinski definition) is 5. The normalized spacial score (nSPS) is 19.0. The molecule has 3 rings (SSSR count). The van der Waals surface area contributed by atoms with Gasteiger partial charge in [0.05, 0.1) is 31.1 Å². The molecule has 25 heavy (non-hydrogen) atoms. The Labute approximate surface area is 150 Å². The third kappa shape index (κ3) is 5.70. The van der Waals surface area contributed by atoms with Crippen molar-refractivity contribution in [3.63, 3.8) is 0 Å². The molecule has 1 amide bonds. The molecule has 2 aliphatic rings. The number of piperidine rings is 1. The third-order valence-corrected chi connectivity index (χ3v) is 4.87.